The zero-order valence-electron chi connectivity index (χ0n) is 8.89. The lowest BCUT2D eigenvalue weighted by Crippen LogP contribution is -2.12. The predicted octanol–water partition coefficient (Wildman–Crippen LogP) is 3.26. The average Bonchev–Trinajstić information content (AvgIpc) is 2.09. The quantitative estimate of drug-likeness (QED) is 0.478. The van der Waals surface area contributed by atoms with Crippen LogP contribution in [0.4, 0.5) is 0 Å². The highest BCUT2D eigenvalue weighted by Crippen LogP contribution is 2.06. The van der Waals surface area contributed by atoms with Crippen LogP contribution >= 0.6 is 23.0 Å². The fourth-order valence-electron chi connectivity index (χ4n) is 1.29. The fourth-order valence-corrected chi connectivity index (χ4v) is 1.60. The van der Waals surface area contributed by atoms with Crippen molar-refractivity contribution in [1.29, 1.82) is 0 Å². The molecule has 0 saturated carbocycles. The lowest BCUT2D eigenvalue weighted by Gasteiger charge is -2.08. The number of unbranched alkanes of at least 4 members (excludes halogenated alkanes) is 5. The van der Waals surface area contributed by atoms with E-state index in [2.05, 4.69) is 19.0 Å². The summed E-state index contributed by atoms with van der Waals surface area (Å²) in [6, 6.07) is 0. The van der Waals surface area contributed by atoms with Gasteiger partial charge in [-0.3, -0.25) is 0 Å². The third-order valence-corrected chi connectivity index (χ3v) is 2.52. The predicted molar refractivity (Wildman–Crippen MR) is 66.2 cm³/mol. The van der Waals surface area contributed by atoms with Crippen LogP contribution in [0.25, 0.3) is 0 Å². The molecule has 0 aliphatic heterocycles. The van der Waals surface area contributed by atoms with Gasteiger partial charge in [0.15, 0.2) is 0 Å². The summed E-state index contributed by atoms with van der Waals surface area (Å²) in [5, 5.41) is 0. The van der Waals surface area contributed by atoms with E-state index < -0.39 is 0 Å². The summed E-state index contributed by atoms with van der Waals surface area (Å²) in [4.78, 5) is 2.25. The summed E-state index contributed by atoms with van der Waals surface area (Å²) in [6.07, 6.45) is 8.02. The van der Waals surface area contributed by atoms with Gasteiger partial charge >= 0.3 is 0 Å². The summed E-state index contributed by atoms with van der Waals surface area (Å²) in [5.41, 5.74) is 0. The molecule has 0 rings (SSSR count). The average molecular weight is 299 g/mol. The first-order valence-electron chi connectivity index (χ1n) is 5.15. The molecule has 0 radical (unpaired) electrons. The standard InChI is InChI=1S/C10H22INO/c1-12(2)9-7-5-3-4-6-8-10-13-11/h3-10H2,1-2H3. The Hall–Kier alpha value is 0.650. The summed E-state index contributed by atoms with van der Waals surface area (Å²) < 4.78 is 4.96. The van der Waals surface area contributed by atoms with E-state index in [1.807, 2.05) is 23.0 Å². The highest BCUT2D eigenvalue weighted by atomic mass is 127. The smallest absolute Gasteiger partial charge is 0.109 e. The van der Waals surface area contributed by atoms with Crippen molar-refractivity contribution in [3.63, 3.8) is 0 Å². The molecule has 0 heterocycles. The topological polar surface area (TPSA) is 12.5 Å². The molecule has 2 nitrogen and oxygen atoms in total. The number of hydrogen-bond donors (Lipinski definition) is 0. The monoisotopic (exact) mass is 299 g/mol. The molecule has 0 unspecified atom stereocenters. The Morgan fingerprint density at radius 1 is 0.923 bits per heavy atom. The first-order valence-corrected chi connectivity index (χ1v) is 6.03. The molecule has 0 bridgehead atoms. The van der Waals surface area contributed by atoms with E-state index in [9.17, 15) is 0 Å². The molecule has 0 atom stereocenters. The van der Waals surface area contributed by atoms with Gasteiger partial charge in [0, 0.05) is 0 Å². The largest absolute Gasteiger partial charge is 0.316 e. The van der Waals surface area contributed by atoms with Crippen LogP contribution < -0.4 is 0 Å². The van der Waals surface area contributed by atoms with Gasteiger partial charge in [-0.2, -0.15) is 0 Å². The lowest BCUT2D eigenvalue weighted by atomic mass is 10.1. The second kappa shape index (κ2) is 10.7. The molecule has 0 aliphatic carbocycles. The van der Waals surface area contributed by atoms with Gasteiger partial charge in [-0.15, -0.1) is 0 Å². The first kappa shape index (κ1) is 13.7. The normalized spacial score (nSPS) is 11.1. The zero-order valence-corrected chi connectivity index (χ0v) is 11.0. The minimum absolute atomic E-state index is 0.915. The molecular weight excluding hydrogens is 277 g/mol. The van der Waals surface area contributed by atoms with E-state index in [-0.39, 0.29) is 0 Å². The van der Waals surface area contributed by atoms with Gasteiger partial charge in [0.2, 0.25) is 0 Å². The third-order valence-electron chi connectivity index (χ3n) is 2.08. The first-order chi connectivity index (χ1) is 6.27. The van der Waals surface area contributed by atoms with Crippen molar-refractivity contribution in [2.75, 3.05) is 27.2 Å². The Labute approximate surface area is 96.7 Å². The maximum absolute atomic E-state index is 4.96. The van der Waals surface area contributed by atoms with Crippen LogP contribution in [-0.2, 0) is 3.07 Å². The molecule has 0 saturated heterocycles. The van der Waals surface area contributed by atoms with Gasteiger partial charge in [0.25, 0.3) is 0 Å². The van der Waals surface area contributed by atoms with Crippen molar-refractivity contribution >= 4 is 23.0 Å². The number of hydrogen-bond acceptors (Lipinski definition) is 2. The molecule has 80 valence electrons. The van der Waals surface area contributed by atoms with E-state index in [4.69, 9.17) is 3.07 Å². The van der Waals surface area contributed by atoms with Crippen LogP contribution in [0.5, 0.6) is 0 Å². The molecule has 0 aliphatic rings. The van der Waals surface area contributed by atoms with E-state index in [1.165, 1.54) is 45.1 Å². The minimum atomic E-state index is 0.915. The van der Waals surface area contributed by atoms with Crippen LogP contribution in [-0.4, -0.2) is 32.1 Å². The number of nitrogens with zero attached hydrogens (tertiary/aromatic N) is 1. The molecule has 0 aromatic carbocycles. The molecule has 13 heavy (non-hydrogen) atoms. The van der Waals surface area contributed by atoms with E-state index in [0.29, 0.717) is 0 Å². The maximum atomic E-state index is 4.96. The molecule has 0 amide bonds. The van der Waals surface area contributed by atoms with Gasteiger partial charge < -0.3 is 7.97 Å². The van der Waals surface area contributed by atoms with Crippen molar-refractivity contribution < 1.29 is 3.07 Å². The zero-order chi connectivity index (χ0) is 9.94. The SMILES string of the molecule is CN(C)CCCCCCCCOI. The van der Waals surface area contributed by atoms with E-state index >= 15 is 0 Å². The molecule has 0 spiro atoms. The van der Waals surface area contributed by atoms with Crippen LogP contribution in [0, 0.1) is 0 Å². The summed E-state index contributed by atoms with van der Waals surface area (Å²) >= 11 is 1.96. The van der Waals surface area contributed by atoms with Crippen LogP contribution in [0.3, 0.4) is 0 Å². The highest BCUT2D eigenvalue weighted by Gasteiger charge is 1.92. The number of rotatable bonds is 9. The van der Waals surface area contributed by atoms with Crippen molar-refractivity contribution in [1.82, 2.24) is 4.90 Å². The van der Waals surface area contributed by atoms with Crippen LogP contribution in [0.15, 0.2) is 0 Å². The fraction of sp³-hybridized carbons (Fsp3) is 1.00. The van der Waals surface area contributed by atoms with Crippen LogP contribution in [0.2, 0.25) is 0 Å². The van der Waals surface area contributed by atoms with Gasteiger partial charge in [-0.1, -0.05) is 25.7 Å². The Morgan fingerprint density at radius 3 is 2.00 bits per heavy atom. The summed E-state index contributed by atoms with van der Waals surface area (Å²) in [6.45, 7) is 2.15. The van der Waals surface area contributed by atoms with Crippen LogP contribution in [0.1, 0.15) is 38.5 Å². The van der Waals surface area contributed by atoms with Crippen molar-refractivity contribution in [2.24, 2.45) is 0 Å². The lowest BCUT2D eigenvalue weighted by molar-refractivity contribution is 0.382. The Bertz CT molecular complexity index is 98.9. The molecular formula is C10H22INO. The highest BCUT2D eigenvalue weighted by molar-refractivity contribution is 14.1. The minimum Gasteiger partial charge on any atom is -0.316 e. The van der Waals surface area contributed by atoms with Gasteiger partial charge in [-0.05, 0) is 33.5 Å². The molecule has 0 N–H and O–H groups in total. The molecule has 0 aromatic rings. The van der Waals surface area contributed by atoms with Crippen molar-refractivity contribution in [2.45, 2.75) is 38.5 Å². The Morgan fingerprint density at radius 2 is 1.46 bits per heavy atom. The van der Waals surface area contributed by atoms with E-state index in [1.54, 1.807) is 0 Å². The molecule has 0 fully saturated rings. The van der Waals surface area contributed by atoms with Gasteiger partial charge in [0.1, 0.15) is 23.0 Å². The third kappa shape index (κ3) is 12.6. The maximum Gasteiger partial charge on any atom is 0.109 e. The molecule has 0 aromatic heterocycles. The number of halogens is 1. The summed E-state index contributed by atoms with van der Waals surface area (Å²) in [7, 11) is 4.27. The van der Waals surface area contributed by atoms with Gasteiger partial charge in [-0.25, -0.2) is 0 Å². The Balaban J connectivity index is 2.84. The van der Waals surface area contributed by atoms with Crippen molar-refractivity contribution in [3.8, 4) is 0 Å². The molecule has 3 heteroatoms. The second-order valence-electron chi connectivity index (χ2n) is 3.74. The Kier molecular flexibility index (Phi) is 11.3. The second-order valence-corrected chi connectivity index (χ2v) is 4.36. The van der Waals surface area contributed by atoms with E-state index in [0.717, 1.165) is 6.61 Å². The summed E-state index contributed by atoms with van der Waals surface area (Å²) in [5.74, 6) is 0. The van der Waals surface area contributed by atoms with Gasteiger partial charge in [0.05, 0.1) is 6.61 Å². The van der Waals surface area contributed by atoms with Crippen molar-refractivity contribution in [3.05, 3.63) is 0 Å².